The van der Waals surface area contributed by atoms with Crippen LogP contribution in [0.1, 0.15) is 55.8 Å². The van der Waals surface area contributed by atoms with Gasteiger partial charge in [0.2, 0.25) is 11.0 Å². The largest absolute Gasteiger partial charge is 0.497 e. The van der Waals surface area contributed by atoms with E-state index >= 15 is 0 Å². The van der Waals surface area contributed by atoms with E-state index in [1.807, 2.05) is 0 Å². The van der Waals surface area contributed by atoms with Gasteiger partial charge in [0.05, 0.1) is 7.11 Å². The number of unbranched alkanes of at least 4 members (excludes halogenated alkanes) is 5. The molecule has 1 N–H and O–H groups in total. The topological polar surface area (TPSA) is 55.4 Å². The molecule has 1 aromatic rings. The van der Waals surface area contributed by atoms with Gasteiger partial charge < -0.3 is 10.1 Å². The van der Waals surface area contributed by atoms with Crippen molar-refractivity contribution in [2.75, 3.05) is 13.7 Å². The first-order valence-corrected chi connectivity index (χ1v) is 9.34. The van der Waals surface area contributed by atoms with Crippen molar-refractivity contribution in [1.82, 2.24) is 5.32 Å². The number of hydrogen-bond acceptors (Lipinski definition) is 4. The number of benzene rings is 1. The molecule has 0 bridgehead atoms. The Hall–Kier alpha value is -1.75. The van der Waals surface area contributed by atoms with E-state index in [4.69, 9.17) is 4.74 Å². The van der Waals surface area contributed by atoms with Crippen molar-refractivity contribution in [3.05, 3.63) is 41.3 Å². The molecule has 0 aliphatic rings. The van der Waals surface area contributed by atoms with Crippen LogP contribution in [0.4, 0.5) is 0 Å². The summed E-state index contributed by atoms with van der Waals surface area (Å²) in [5.74, 6) is 0.555. The summed E-state index contributed by atoms with van der Waals surface area (Å²) in [7, 11) is 1.58. The Morgan fingerprint density at radius 3 is 2.42 bits per heavy atom. The smallest absolute Gasteiger partial charge is 0.244 e. The fourth-order valence-corrected chi connectivity index (χ4v) is 2.72. The Kier molecular flexibility index (Phi) is 10.7. The molecule has 0 atom stereocenters. The predicted octanol–water partition coefficient (Wildman–Crippen LogP) is 4.56. The van der Waals surface area contributed by atoms with Gasteiger partial charge in [-0.25, -0.2) is 0 Å². The second-order valence-electron chi connectivity index (χ2n) is 5.50. The van der Waals surface area contributed by atoms with Crippen LogP contribution < -0.4 is 10.1 Å². The summed E-state index contributed by atoms with van der Waals surface area (Å²) in [6.07, 6.45) is 8.59. The van der Waals surface area contributed by atoms with Crippen molar-refractivity contribution < 1.29 is 14.3 Å². The van der Waals surface area contributed by atoms with Crippen LogP contribution in [0.15, 0.2) is 35.7 Å². The Morgan fingerprint density at radius 2 is 1.75 bits per heavy atom. The van der Waals surface area contributed by atoms with Crippen LogP contribution >= 0.6 is 11.8 Å². The number of hydrogen-bond donors (Lipinski definition) is 1. The first-order valence-electron chi connectivity index (χ1n) is 8.46. The van der Waals surface area contributed by atoms with Gasteiger partial charge in [0, 0.05) is 18.2 Å². The predicted molar refractivity (Wildman–Crippen MR) is 100 cm³/mol. The van der Waals surface area contributed by atoms with Crippen molar-refractivity contribution in [3.8, 4) is 5.75 Å². The van der Waals surface area contributed by atoms with E-state index in [9.17, 15) is 9.59 Å². The van der Waals surface area contributed by atoms with Gasteiger partial charge in [0.25, 0.3) is 0 Å². The fourth-order valence-electron chi connectivity index (χ4n) is 2.13. The van der Waals surface area contributed by atoms with Crippen LogP contribution in [-0.4, -0.2) is 24.7 Å². The average Bonchev–Trinajstić information content (AvgIpc) is 2.61. The lowest BCUT2D eigenvalue weighted by Gasteiger charge is -2.02. The zero-order valence-corrected chi connectivity index (χ0v) is 15.4. The third-order valence-electron chi connectivity index (χ3n) is 3.55. The van der Waals surface area contributed by atoms with Crippen LogP contribution in [0, 0.1) is 0 Å². The quantitative estimate of drug-likeness (QED) is 0.470. The summed E-state index contributed by atoms with van der Waals surface area (Å²) in [6.45, 7) is 2.89. The fraction of sp³-hybridized carbons (Fsp3) is 0.474. The van der Waals surface area contributed by atoms with Crippen molar-refractivity contribution in [1.29, 1.82) is 0 Å². The number of ether oxygens (including phenoxy) is 1. The second kappa shape index (κ2) is 12.6. The summed E-state index contributed by atoms with van der Waals surface area (Å²) >= 11 is 1.00. The molecule has 1 amide bonds. The third kappa shape index (κ3) is 8.77. The van der Waals surface area contributed by atoms with E-state index in [1.165, 1.54) is 37.2 Å². The zero-order chi connectivity index (χ0) is 17.6. The van der Waals surface area contributed by atoms with Gasteiger partial charge in [-0.3, -0.25) is 9.59 Å². The normalized spacial score (nSPS) is 10.8. The van der Waals surface area contributed by atoms with E-state index in [0.717, 1.165) is 24.6 Å². The molecule has 132 valence electrons. The van der Waals surface area contributed by atoms with Crippen LogP contribution in [0.5, 0.6) is 5.75 Å². The zero-order valence-electron chi connectivity index (χ0n) is 14.5. The SMILES string of the molecule is CCCCCCCCNC(=O)/C=C\SC(=O)c1ccc(OC)cc1. The molecule has 1 aromatic carbocycles. The molecule has 5 heteroatoms. The van der Waals surface area contributed by atoms with Gasteiger partial charge in [-0.15, -0.1) is 0 Å². The number of amides is 1. The van der Waals surface area contributed by atoms with Crippen molar-refractivity contribution in [2.24, 2.45) is 0 Å². The van der Waals surface area contributed by atoms with E-state index in [1.54, 1.807) is 31.4 Å². The maximum atomic E-state index is 12.0. The molecule has 0 fully saturated rings. The lowest BCUT2D eigenvalue weighted by Crippen LogP contribution is -2.21. The molecule has 0 aliphatic carbocycles. The number of thioether (sulfide) groups is 1. The molecule has 0 spiro atoms. The summed E-state index contributed by atoms with van der Waals surface area (Å²) in [5, 5.41) is 4.27. The molecule has 4 nitrogen and oxygen atoms in total. The van der Waals surface area contributed by atoms with Gasteiger partial charge in [0.15, 0.2) is 0 Å². The summed E-state index contributed by atoms with van der Waals surface area (Å²) in [4.78, 5) is 23.6. The summed E-state index contributed by atoms with van der Waals surface area (Å²) in [5.41, 5.74) is 0.581. The second-order valence-corrected chi connectivity index (χ2v) is 6.37. The average molecular weight is 349 g/mol. The van der Waals surface area contributed by atoms with Crippen LogP contribution in [0.3, 0.4) is 0 Å². The number of carbonyl (C=O) groups is 2. The lowest BCUT2D eigenvalue weighted by molar-refractivity contribution is -0.116. The summed E-state index contributed by atoms with van der Waals surface area (Å²) < 4.78 is 5.05. The highest BCUT2D eigenvalue weighted by Gasteiger charge is 2.05. The molecule has 24 heavy (non-hydrogen) atoms. The number of carbonyl (C=O) groups excluding carboxylic acids is 2. The molecule has 1 rings (SSSR count). The number of methoxy groups -OCH3 is 1. The molecule has 0 heterocycles. The highest BCUT2D eigenvalue weighted by molar-refractivity contribution is 8.16. The molecular weight excluding hydrogens is 322 g/mol. The van der Waals surface area contributed by atoms with Gasteiger partial charge in [-0.1, -0.05) is 50.8 Å². The van der Waals surface area contributed by atoms with Gasteiger partial charge >= 0.3 is 0 Å². The molecular formula is C19H27NO3S. The van der Waals surface area contributed by atoms with E-state index < -0.39 is 0 Å². The van der Waals surface area contributed by atoms with Crippen molar-refractivity contribution >= 4 is 22.8 Å². The minimum absolute atomic E-state index is 0.0994. The van der Waals surface area contributed by atoms with Gasteiger partial charge in [-0.2, -0.15) is 0 Å². The number of rotatable bonds is 11. The van der Waals surface area contributed by atoms with E-state index in [0.29, 0.717) is 17.9 Å². The van der Waals surface area contributed by atoms with Crippen LogP contribution in [-0.2, 0) is 4.79 Å². The Morgan fingerprint density at radius 1 is 1.08 bits per heavy atom. The highest BCUT2D eigenvalue weighted by Crippen LogP contribution is 2.17. The highest BCUT2D eigenvalue weighted by atomic mass is 32.2. The van der Waals surface area contributed by atoms with Crippen LogP contribution in [0.2, 0.25) is 0 Å². The minimum atomic E-state index is -0.154. The van der Waals surface area contributed by atoms with E-state index in [2.05, 4.69) is 12.2 Å². The van der Waals surface area contributed by atoms with Gasteiger partial charge in [0.1, 0.15) is 5.75 Å². The molecule has 0 saturated carbocycles. The standard InChI is InChI=1S/C19H27NO3S/c1-3-4-5-6-7-8-14-20-18(21)13-15-24-19(22)16-9-11-17(23-2)12-10-16/h9-13,15H,3-8,14H2,1-2H3,(H,20,21)/b15-13-. The maximum Gasteiger partial charge on any atom is 0.244 e. The van der Waals surface area contributed by atoms with Crippen LogP contribution in [0.25, 0.3) is 0 Å². The Labute approximate surface area is 149 Å². The van der Waals surface area contributed by atoms with Gasteiger partial charge in [-0.05, 0) is 36.1 Å². The Bertz CT molecular complexity index is 526. The van der Waals surface area contributed by atoms with Crippen molar-refractivity contribution in [3.63, 3.8) is 0 Å². The molecule has 0 aromatic heterocycles. The monoisotopic (exact) mass is 349 g/mol. The molecule has 0 aliphatic heterocycles. The summed E-state index contributed by atoms with van der Waals surface area (Å²) in [6, 6.07) is 6.90. The third-order valence-corrected chi connectivity index (χ3v) is 4.27. The molecule has 0 radical (unpaired) electrons. The molecule has 0 unspecified atom stereocenters. The maximum absolute atomic E-state index is 12.0. The first kappa shape index (κ1) is 20.3. The first-order chi connectivity index (χ1) is 11.7. The Balaban J connectivity index is 2.18. The van der Waals surface area contributed by atoms with E-state index in [-0.39, 0.29) is 11.0 Å². The number of nitrogens with one attached hydrogen (secondary N) is 1. The van der Waals surface area contributed by atoms with Crippen molar-refractivity contribution in [2.45, 2.75) is 45.4 Å². The minimum Gasteiger partial charge on any atom is -0.497 e. The molecule has 0 saturated heterocycles. The lowest BCUT2D eigenvalue weighted by atomic mass is 10.1.